The van der Waals surface area contributed by atoms with Crippen LogP contribution in [0.2, 0.25) is 5.02 Å². The van der Waals surface area contributed by atoms with Crippen molar-refractivity contribution in [3.63, 3.8) is 0 Å². The van der Waals surface area contributed by atoms with Crippen molar-refractivity contribution in [1.82, 2.24) is 4.98 Å². The van der Waals surface area contributed by atoms with Gasteiger partial charge in [-0.2, -0.15) is 13.2 Å². The zero-order chi connectivity index (χ0) is 20.3. The van der Waals surface area contributed by atoms with Crippen molar-refractivity contribution in [3.05, 3.63) is 69.6 Å². The number of rotatable bonds is 5. The van der Waals surface area contributed by atoms with Gasteiger partial charge in [-0.05, 0) is 30.3 Å². The first-order chi connectivity index (χ1) is 13.2. The molecule has 9 heteroatoms. The number of halogens is 5. The van der Waals surface area contributed by atoms with E-state index >= 15 is 0 Å². The smallest absolute Gasteiger partial charge is 0.417 e. The second-order valence-electron chi connectivity index (χ2n) is 5.87. The standard InChI is InChI=1S/C19H13BrClF3N2O2/c20-12-3-1-2-11(8-12)16-10-25-18(28-16)7-6-17(27)26-13-4-5-15(21)14(9-13)19(22,23)24/h1-5,8-10H,6-7H2,(H,26,27). The molecule has 1 amide bonds. The summed E-state index contributed by atoms with van der Waals surface area (Å²) in [4.78, 5) is 16.2. The Morgan fingerprint density at radius 1 is 1.21 bits per heavy atom. The van der Waals surface area contributed by atoms with Crippen LogP contribution in [0.25, 0.3) is 11.3 Å². The molecule has 3 aromatic rings. The minimum atomic E-state index is -4.60. The first-order valence-electron chi connectivity index (χ1n) is 8.09. The van der Waals surface area contributed by atoms with Crippen LogP contribution in [0.1, 0.15) is 17.9 Å². The summed E-state index contributed by atoms with van der Waals surface area (Å²) in [5.74, 6) is 0.457. The summed E-state index contributed by atoms with van der Waals surface area (Å²) in [6.07, 6.45) is -2.83. The summed E-state index contributed by atoms with van der Waals surface area (Å²) in [6, 6.07) is 10.7. The molecule has 0 spiro atoms. The Balaban J connectivity index is 1.61. The average molecular weight is 474 g/mol. The monoisotopic (exact) mass is 472 g/mol. The van der Waals surface area contributed by atoms with Crippen LogP contribution in [-0.2, 0) is 17.4 Å². The largest absolute Gasteiger partial charge is 0.441 e. The quantitative estimate of drug-likeness (QED) is 0.470. The lowest BCUT2D eigenvalue weighted by atomic mass is 10.2. The second-order valence-corrected chi connectivity index (χ2v) is 7.19. The molecule has 0 radical (unpaired) electrons. The molecule has 1 N–H and O–H groups in total. The molecule has 0 aliphatic carbocycles. The van der Waals surface area contributed by atoms with Gasteiger partial charge in [0.25, 0.3) is 0 Å². The molecule has 0 atom stereocenters. The van der Waals surface area contributed by atoms with Crippen LogP contribution in [0.3, 0.4) is 0 Å². The third-order valence-electron chi connectivity index (χ3n) is 3.78. The number of benzene rings is 2. The van der Waals surface area contributed by atoms with E-state index in [1.54, 1.807) is 6.20 Å². The number of carbonyl (C=O) groups excluding carboxylic acids is 1. The molecule has 0 aliphatic rings. The van der Waals surface area contributed by atoms with Gasteiger partial charge in [0.15, 0.2) is 11.7 Å². The summed E-state index contributed by atoms with van der Waals surface area (Å²) < 4.78 is 45.2. The van der Waals surface area contributed by atoms with Gasteiger partial charge in [-0.25, -0.2) is 4.98 Å². The molecular weight excluding hydrogens is 461 g/mol. The van der Waals surface area contributed by atoms with Crippen LogP contribution < -0.4 is 5.32 Å². The Labute approximate surface area is 171 Å². The van der Waals surface area contributed by atoms with E-state index in [1.807, 2.05) is 24.3 Å². The SMILES string of the molecule is O=C(CCc1ncc(-c2cccc(Br)c2)o1)Nc1ccc(Cl)c(C(F)(F)F)c1. The molecule has 0 unspecified atom stereocenters. The zero-order valence-electron chi connectivity index (χ0n) is 14.2. The number of oxazole rings is 1. The molecule has 3 rings (SSSR count). The van der Waals surface area contributed by atoms with Crippen molar-refractivity contribution >= 4 is 39.1 Å². The van der Waals surface area contributed by atoms with Crippen LogP contribution >= 0.6 is 27.5 Å². The van der Waals surface area contributed by atoms with E-state index in [1.165, 1.54) is 6.07 Å². The van der Waals surface area contributed by atoms with Gasteiger partial charge in [-0.3, -0.25) is 4.79 Å². The maximum atomic E-state index is 12.9. The topological polar surface area (TPSA) is 55.1 Å². The van der Waals surface area contributed by atoms with Gasteiger partial charge in [0.05, 0.1) is 16.8 Å². The summed E-state index contributed by atoms with van der Waals surface area (Å²) in [5, 5.41) is 2.00. The predicted molar refractivity (Wildman–Crippen MR) is 103 cm³/mol. The molecule has 0 saturated heterocycles. The number of aryl methyl sites for hydroxylation is 1. The number of anilines is 1. The van der Waals surface area contributed by atoms with Gasteiger partial charge >= 0.3 is 6.18 Å². The minimum Gasteiger partial charge on any atom is -0.441 e. The van der Waals surface area contributed by atoms with E-state index in [9.17, 15) is 18.0 Å². The van der Waals surface area contributed by atoms with E-state index < -0.39 is 22.7 Å². The number of hydrogen-bond donors (Lipinski definition) is 1. The van der Waals surface area contributed by atoms with E-state index in [0.717, 1.165) is 22.2 Å². The number of carbonyl (C=O) groups is 1. The molecule has 0 saturated carbocycles. The minimum absolute atomic E-state index is 0.00240. The summed E-state index contributed by atoms with van der Waals surface area (Å²) in [7, 11) is 0. The van der Waals surface area contributed by atoms with E-state index in [2.05, 4.69) is 26.2 Å². The van der Waals surface area contributed by atoms with Gasteiger partial charge in [0.1, 0.15) is 0 Å². The van der Waals surface area contributed by atoms with Crippen LogP contribution in [0.5, 0.6) is 0 Å². The fraction of sp³-hybridized carbons (Fsp3) is 0.158. The Morgan fingerprint density at radius 3 is 2.71 bits per heavy atom. The van der Waals surface area contributed by atoms with Gasteiger partial charge in [0.2, 0.25) is 5.91 Å². The van der Waals surface area contributed by atoms with Gasteiger partial charge in [-0.15, -0.1) is 0 Å². The highest BCUT2D eigenvalue weighted by molar-refractivity contribution is 9.10. The molecule has 0 bridgehead atoms. The highest BCUT2D eigenvalue weighted by atomic mass is 79.9. The number of nitrogens with zero attached hydrogens (tertiary/aromatic N) is 1. The van der Waals surface area contributed by atoms with Crippen molar-refractivity contribution in [2.75, 3.05) is 5.32 Å². The first kappa shape index (κ1) is 20.4. The summed E-state index contributed by atoms with van der Waals surface area (Å²) in [6.45, 7) is 0. The molecule has 1 heterocycles. The number of hydrogen-bond acceptors (Lipinski definition) is 3. The van der Waals surface area contributed by atoms with Crippen molar-refractivity contribution in [1.29, 1.82) is 0 Å². The number of alkyl halides is 3. The molecule has 146 valence electrons. The first-order valence-corrected chi connectivity index (χ1v) is 9.27. The molecule has 2 aromatic carbocycles. The molecule has 0 fully saturated rings. The van der Waals surface area contributed by atoms with Crippen LogP contribution in [0.4, 0.5) is 18.9 Å². The van der Waals surface area contributed by atoms with Gasteiger partial charge < -0.3 is 9.73 Å². The summed E-state index contributed by atoms with van der Waals surface area (Å²) in [5.41, 5.74) is -0.152. The zero-order valence-corrected chi connectivity index (χ0v) is 16.5. The molecular formula is C19H13BrClF3N2O2. The van der Waals surface area contributed by atoms with Gasteiger partial charge in [0, 0.05) is 28.6 Å². The lowest BCUT2D eigenvalue weighted by molar-refractivity contribution is -0.137. The maximum absolute atomic E-state index is 12.9. The second kappa shape index (κ2) is 8.36. The van der Waals surface area contributed by atoms with Crippen LogP contribution in [-0.4, -0.2) is 10.9 Å². The maximum Gasteiger partial charge on any atom is 0.417 e. The Kier molecular flexibility index (Phi) is 6.10. The highest BCUT2D eigenvalue weighted by Crippen LogP contribution is 2.36. The lowest BCUT2D eigenvalue weighted by Crippen LogP contribution is -2.14. The molecule has 0 aliphatic heterocycles. The van der Waals surface area contributed by atoms with Crippen LogP contribution in [0, 0.1) is 0 Å². The molecule has 28 heavy (non-hydrogen) atoms. The van der Waals surface area contributed by atoms with Crippen molar-refractivity contribution in [2.45, 2.75) is 19.0 Å². The third-order valence-corrected chi connectivity index (χ3v) is 4.61. The molecule has 1 aromatic heterocycles. The number of amides is 1. The molecule has 4 nitrogen and oxygen atoms in total. The summed E-state index contributed by atoms with van der Waals surface area (Å²) >= 11 is 8.94. The Hall–Kier alpha value is -2.32. The van der Waals surface area contributed by atoms with E-state index in [4.69, 9.17) is 16.0 Å². The number of aromatic nitrogens is 1. The van der Waals surface area contributed by atoms with Crippen molar-refractivity contribution < 1.29 is 22.4 Å². The average Bonchev–Trinajstić information content (AvgIpc) is 3.10. The van der Waals surface area contributed by atoms with Crippen molar-refractivity contribution in [3.8, 4) is 11.3 Å². The third kappa shape index (κ3) is 5.14. The Morgan fingerprint density at radius 2 is 2.00 bits per heavy atom. The predicted octanol–water partition coefficient (Wildman–Crippen LogP) is 6.35. The van der Waals surface area contributed by atoms with Crippen molar-refractivity contribution in [2.24, 2.45) is 0 Å². The fourth-order valence-electron chi connectivity index (χ4n) is 2.47. The lowest BCUT2D eigenvalue weighted by Gasteiger charge is -2.11. The van der Waals surface area contributed by atoms with Gasteiger partial charge in [-0.1, -0.05) is 39.7 Å². The Bertz CT molecular complexity index is 1000. The normalized spacial score (nSPS) is 11.5. The highest BCUT2D eigenvalue weighted by Gasteiger charge is 2.33. The fourth-order valence-corrected chi connectivity index (χ4v) is 3.09. The van der Waals surface area contributed by atoms with E-state index in [-0.39, 0.29) is 18.5 Å². The van der Waals surface area contributed by atoms with E-state index in [0.29, 0.717) is 11.7 Å². The van der Waals surface area contributed by atoms with Crippen LogP contribution in [0.15, 0.2) is 57.6 Å². The number of nitrogens with one attached hydrogen (secondary N) is 1.